The number of hydrogen-bond donors (Lipinski definition) is 2. The molecule has 0 fully saturated rings. The molecule has 0 aromatic heterocycles. The molecule has 0 atom stereocenters. The van der Waals surface area contributed by atoms with Crippen molar-refractivity contribution >= 4 is 28.9 Å². The number of nitrogens with zero attached hydrogens (tertiary/aromatic N) is 1. The van der Waals surface area contributed by atoms with E-state index >= 15 is 0 Å². The fourth-order valence-corrected chi connectivity index (χ4v) is 2.80. The second-order valence-corrected chi connectivity index (χ2v) is 6.56. The highest BCUT2D eigenvalue weighted by molar-refractivity contribution is 7.80. The maximum Gasteiger partial charge on any atom is 0.257 e. The summed E-state index contributed by atoms with van der Waals surface area (Å²) in [4.78, 5) is 12.4. The normalized spacial score (nSPS) is 10.4. The van der Waals surface area contributed by atoms with E-state index in [0.29, 0.717) is 11.3 Å². The number of amides is 1. The lowest BCUT2D eigenvalue weighted by molar-refractivity contribution is 0.0974. The third-order valence-corrected chi connectivity index (χ3v) is 4.21. The highest BCUT2D eigenvalue weighted by Gasteiger charge is 2.16. The van der Waals surface area contributed by atoms with Gasteiger partial charge in [0.15, 0.2) is 0 Å². The van der Waals surface area contributed by atoms with Crippen molar-refractivity contribution in [2.24, 2.45) is 0 Å². The number of hydroxylamine groups is 1. The van der Waals surface area contributed by atoms with Crippen LogP contribution in [-0.2, 0) is 0 Å². The lowest BCUT2D eigenvalue weighted by Gasteiger charge is -2.21. The third kappa shape index (κ3) is 3.99. The molecular weight excluding hydrogens is 320 g/mol. The first kappa shape index (κ1) is 18.1. The molecule has 0 aliphatic rings. The summed E-state index contributed by atoms with van der Waals surface area (Å²) < 4.78 is 0. The Morgan fingerprint density at radius 2 is 1.46 bits per heavy atom. The molecule has 0 saturated heterocycles. The SMILES string of the molecule is Cc1cc(C)cc(C(=O)NC(=S)N(O)c2cc(C)c(C)cc2C)c1. The van der Waals surface area contributed by atoms with Gasteiger partial charge >= 0.3 is 0 Å². The molecule has 0 saturated carbocycles. The zero-order valence-corrected chi connectivity index (χ0v) is 15.4. The van der Waals surface area contributed by atoms with Gasteiger partial charge in [-0.1, -0.05) is 23.3 Å². The van der Waals surface area contributed by atoms with Crippen molar-refractivity contribution in [2.45, 2.75) is 34.6 Å². The van der Waals surface area contributed by atoms with Crippen LogP contribution in [0.4, 0.5) is 5.69 Å². The molecule has 2 aromatic rings. The Balaban J connectivity index is 2.20. The minimum Gasteiger partial charge on any atom is -0.297 e. The summed E-state index contributed by atoms with van der Waals surface area (Å²) in [5.74, 6) is -0.340. The number of carbonyl (C=O) groups excluding carboxylic acids is 1. The Hall–Kier alpha value is -2.24. The Bertz CT molecular complexity index is 795. The number of carbonyl (C=O) groups is 1. The number of thiocarbonyl (C=S) groups is 1. The van der Waals surface area contributed by atoms with Crippen LogP contribution in [0.1, 0.15) is 38.2 Å². The predicted octanol–water partition coefficient (Wildman–Crippen LogP) is 4.14. The van der Waals surface area contributed by atoms with Gasteiger partial charge in [-0.05, 0) is 81.7 Å². The van der Waals surface area contributed by atoms with Gasteiger partial charge in [0.25, 0.3) is 5.91 Å². The Kier molecular flexibility index (Phi) is 5.36. The molecule has 24 heavy (non-hydrogen) atoms. The molecule has 2 N–H and O–H groups in total. The molecule has 0 radical (unpaired) electrons. The molecule has 126 valence electrons. The van der Waals surface area contributed by atoms with E-state index in [1.807, 2.05) is 52.8 Å². The van der Waals surface area contributed by atoms with Crippen LogP contribution in [-0.4, -0.2) is 16.2 Å². The predicted molar refractivity (Wildman–Crippen MR) is 101 cm³/mol. The smallest absolute Gasteiger partial charge is 0.257 e. The van der Waals surface area contributed by atoms with Gasteiger partial charge in [0.1, 0.15) is 0 Å². The molecule has 0 spiro atoms. The van der Waals surface area contributed by atoms with E-state index in [9.17, 15) is 10.0 Å². The minimum absolute atomic E-state index is 0.0505. The first-order chi connectivity index (χ1) is 11.2. The minimum atomic E-state index is -0.340. The van der Waals surface area contributed by atoms with Gasteiger partial charge < -0.3 is 0 Å². The Labute approximate surface area is 148 Å². The number of nitrogens with one attached hydrogen (secondary N) is 1. The van der Waals surface area contributed by atoms with E-state index in [1.54, 1.807) is 12.1 Å². The van der Waals surface area contributed by atoms with E-state index in [2.05, 4.69) is 5.32 Å². The number of benzene rings is 2. The van der Waals surface area contributed by atoms with Crippen molar-refractivity contribution < 1.29 is 10.0 Å². The second-order valence-electron chi connectivity index (χ2n) is 6.17. The quantitative estimate of drug-likeness (QED) is 0.636. The maximum atomic E-state index is 12.4. The van der Waals surface area contributed by atoms with Crippen LogP contribution in [0, 0.1) is 34.6 Å². The zero-order chi connectivity index (χ0) is 18.0. The van der Waals surface area contributed by atoms with E-state index in [4.69, 9.17) is 12.2 Å². The van der Waals surface area contributed by atoms with Gasteiger partial charge in [-0.15, -0.1) is 0 Å². The van der Waals surface area contributed by atoms with E-state index < -0.39 is 0 Å². The van der Waals surface area contributed by atoms with Gasteiger partial charge in [-0.2, -0.15) is 5.06 Å². The largest absolute Gasteiger partial charge is 0.297 e. The fourth-order valence-electron chi connectivity index (χ4n) is 2.61. The van der Waals surface area contributed by atoms with E-state index in [0.717, 1.165) is 32.9 Å². The van der Waals surface area contributed by atoms with Gasteiger partial charge in [-0.25, -0.2) is 0 Å². The zero-order valence-electron chi connectivity index (χ0n) is 14.6. The number of anilines is 1. The summed E-state index contributed by atoms with van der Waals surface area (Å²) in [7, 11) is 0. The topological polar surface area (TPSA) is 52.6 Å². The third-order valence-electron chi connectivity index (χ3n) is 3.94. The number of aryl methyl sites for hydroxylation is 5. The maximum absolute atomic E-state index is 12.4. The van der Waals surface area contributed by atoms with Crippen LogP contribution in [0.2, 0.25) is 0 Å². The number of rotatable bonds is 2. The summed E-state index contributed by atoms with van der Waals surface area (Å²) in [6.45, 7) is 9.72. The van der Waals surface area contributed by atoms with Crippen LogP contribution < -0.4 is 10.4 Å². The fraction of sp³-hybridized carbons (Fsp3) is 0.263. The van der Waals surface area contributed by atoms with Gasteiger partial charge in [0, 0.05) is 5.56 Å². The summed E-state index contributed by atoms with van der Waals surface area (Å²) in [6, 6.07) is 9.38. The van der Waals surface area contributed by atoms with Gasteiger partial charge in [0.2, 0.25) is 5.11 Å². The highest BCUT2D eigenvalue weighted by Crippen LogP contribution is 2.23. The average molecular weight is 342 g/mol. The van der Waals surface area contributed by atoms with Crippen LogP contribution in [0.5, 0.6) is 0 Å². The van der Waals surface area contributed by atoms with Gasteiger partial charge in [0.05, 0.1) is 5.69 Å². The molecule has 0 aliphatic heterocycles. The van der Waals surface area contributed by atoms with E-state index in [1.165, 1.54) is 0 Å². The van der Waals surface area contributed by atoms with Crippen molar-refractivity contribution in [1.82, 2.24) is 5.32 Å². The molecule has 4 nitrogen and oxygen atoms in total. The molecule has 0 bridgehead atoms. The Morgan fingerprint density at radius 3 is 2.04 bits per heavy atom. The van der Waals surface area contributed by atoms with Crippen molar-refractivity contribution in [2.75, 3.05) is 5.06 Å². The van der Waals surface area contributed by atoms with Crippen LogP contribution in [0.3, 0.4) is 0 Å². The van der Waals surface area contributed by atoms with Gasteiger partial charge in [-0.3, -0.25) is 15.3 Å². The van der Waals surface area contributed by atoms with Crippen molar-refractivity contribution in [3.8, 4) is 0 Å². The molecule has 0 heterocycles. The molecule has 1 amide bonds. The molecule has 2 rings (SSSR count). The molecule has 2 aromatic carbocycles. The highest BCUT2D eigenvalue weighted by atomic mass is 32.1. The van der Waals surface area contributed by atoms with Crippen molar-refractivity contribution in [3.63, 3.8) is 0 Å². The standard InChI is InChI=1S/C19H22N2O2S/c1-11-6-12(2)8-16(7-11)18(22)20-19(24)21(23)17-10-14(4)13(3)9-15(17)5/h6-10,23H,1-5H3,(H,20,22,24). The van der Waals surface area contributed by atoms with Crippen molar-refractivity contribution in [3.05, 3.63) is 63.7 Å². The van der Waals surface area contributed by atoms with E-state index in [-0.39, 0.29) is 11.0 Å². The van der Waals surface area contributed by atoms with Crippen molar-refractivity contribution in [1.29, 1.82) is 0 Å². The Morgan fingerprint density at radius 1 is 0.917 bits per heavy atom. The van der Waals surface area contributed by atoms with Crippen LogP contribution in [0.15, 0.2) is 30.3 Å². The molecule has 5 heteroatoms. The monoisotopic (exact) mass is 342 g/mol. The number of hydrogen-bond acceptors (Lipinski definition) is 3. The van der Waals surface area contributed by atoms with Crippen LogP contribution >= 0.6 is 12.2 Å². The summed E-state index contributed by atoms with van der Waals surface area (Å²) in [5.41, 5.74) is 6.12. The summed E-state index contributed by atoms with van der Waals surface area (Å²) in [6.07, 6.45) is 0. The van der Waals surface area contributed by atoms with Crippen LogP contribution in [0.25, 0.3) is 0 Å². The molecular formula is C19H22N2O2S. The first-order valence-electron chi connectivity index (χ1n) is 7.69. The first-order valence-corrected chi connectivity index (χ1v) is 8.10. The summed E-state index contributed by atoms with van der Waals surface area (Å²) in [5, 5.41) is 13.7. The lowest BCUT2D eigenvalue weighted by Crippen LogP contribution is -2.41. The molecule has 0 unspecified atom stereocenters. The summed E-state index contributed by atoms with van der Waals surface area (Å²) >= 11 is 5.18. The second kappa shape index (κ2) is 7.11. The lowest BCUT2D eigenvalue weighted by atomic mass is 10.0. The molecule has 0 aliphatic carbocycles. The average Bonchev–Trinajstić information content (AvgIpc) is 2.49.